The number of benzene rings is 2. The maximum absolute atomic E-state index is 13.8. The van der Waals surface area contributed by atoms with Crippen LogP contribution in [-0.2, 0) is 33.2 Å². The van der Waals surface area contributed by atoms with Crippen LogP contribution in [0.15, 0.2) is 36.4 Å². The molecule has 4 amide bonds. The number of piperidine rings is 1. The zero-order valence-electron chi connectivity index (χ0n) is 25.6. The van der Waals surface area contributed by atoms with Crippen molar-refractivity contribution in [3.8, 4) is 0 Å². The number of aliphatic carboxylic acids is 1. The molecule has 0 unspecified atom stereocenters. The number of nitrogens with zero attached hydrogens (tertiary/aromatic N) is 4. The molecule has 0 radical (unpaired) electrons. The van der Waals surface area contributed by atoms with Crippen LogP contribution in [-0.4, -0.2) is 89.4 Å². The number of hydrogen-bond donors (Lipinski definition) is 1. The van der Waals surface area contributed by atoms with Crippen molar-refractivity contribution in [3.63, 3.8) is 0 Å². The van der Waals surface area contributed by atoms with Gasteiger partial charge in [-0.3, -0.25) is 19.3 Å². The predicted octanol–water partition coefficient (Wildman–Crippen LogP) is 6.45. The van der Waals surface area contributed by atoms with E-state index >= 15 is 0 Å². The van der Waals surface area contributed by atoms with Gasteiger partial charge in [-0.05, 0) is 55.2 Å². The highest BCUT2D eigenvalue weighted by atomic mass is 35.5. The van der Waals surface area contributed by atoms with E-state index in [-0.39, 0.29) is 79.9 Å². The maximum Gasteiger partial charge on any atom is 0.416 e. The van der Waals surface area contributed by atoms with Gasteiger partial charge in [0, 0.05) is 57.8 Å². The zero-order chi connectivity index (χ0) is 35.6. The minimum Gasteiger partial charge on any atom is -0.481 e. The molecule has 0 aromatic heterocycles. The van der Waals surface area contributed by atoms with E-state index in [0.29, 0.717) is 30.5 Å². The Labute approximate surface area is 281 Å². The summed E-state index contributed by atoms with van der Waals surface area (Å²) in [4.78, 5) is 55.6. The second-order valence-corrected chi connectivity index (χ2v) is 12.6. The van der Waals surface area contributed by atoms with Crippen LogP contribution in [0.2, 0.25) is 10.0 Å². The molecule has 2 saturated heterocycles. The summed E-state index contributed by atoms with van der Waals surface area (Å²) < 4.78 is 81.2. The molecule has 0 spiro atoms. The lowest BCUT2D eigenvalue weighted by atomic mass is 9.93. The minimum absolute atomic E-state index is 0.00675. The van der Waals surface area contributed by atoms with Crippen molar-refractivity contribution in [3.05, 3.63) is 63.1 Å². The molecule has 17 heteroatoms. The van der Waals surface area contributed by atoms with E-state index in [4.69, 9.17) is 28.3 Å². The van der Waals surface area contributed by atoms with Crippen LogP contribution >= 0.6 is 23.2 Å². The molecule has 0 aliphatic carbocycles. The number of amides is 4. The number of carboxylic acids is 1. The molecule has 2 heterocycles. The van der Waals surface area contributed by atoms with Crippen molar-refractivity contribution < 1.29 is 50.6 Å². The Balaban J connectivity index is 1.55. The monoisotopic (exact) mass is 724 g/mol. The van der Waals surface area contributed by atoms with Gasteiger partial charge in [0.2, 0.25) is 11.8 Å². The standard InChI is InChI=1S/C31H32Cl2F6N4O5/c1-40(22-15-20(30(34,35)36)14-21(16-22)31(37,38)39)29(48)43-11-10-42(17-23(43)12-18-2-3-24(32)25(33)13-18)28(47)19-6-8-41(9-7-19)26(44)4-5-27(45)46/h2-3,13-16,19,23H,4-12,17H2,1H3,(H,45,46)/t23-/m1/s1. The fourth-order valence-electron chi connectivity index (χ4n) is 5.86. The van der Waals surface area contributed by atoms with Gasteiger partial charge in [0.15, 0.2) is 0 Å². The molecular weight excluding hydrogens is 693 g/mol. The molecule has 2 aliphatic heterocycles. The molecule has 0 bridgehead atoms. The highest BCUT2D eigenvalue weighted by Crippen LogP contribution is 2.38. The summed E-state index contributed by atoms with van der Waals surface area (Å²) in [6.45, 7) is 0.513. The summed E-state index contributed by atoms with van der Waals surface area (Å²) in [5.41, 5.74) is -3.12. The number of alkyl halides is 6. The number of carbonyl (C=O) groups excluding carboxylic acids is 3. The molecule has 2 aromatic carbocycles. The molecule has 1 N–H and O–H groups in total. The third kappa shape index (κ3) is 9.04. The molecular formula is C31H32Cl2F6N4O5. The second-order valence-electron chi connectivity index (χ2n) is 11.7. The summed E-state index contributed by atoms with van der Waals surface area (Å²) in [5.74, 6) is -2.08. The Morgan fingerprint density at radius 3 is 1.98 bits per heavy atom. The number of hydrogen-bond acceptors (Lipinski definition) is 4. The summed E-state index contributed by atoms with van der Waals surface area (Å²) in [7, 11) is 1.08. The van der Waals surface area contributed by atoms with Gasteiger partial charge in [0.25, 0.3) is 0 Å². The lowest BCUT2D eigenvalue weighted by molar-refractivity contribution is -0.144. The van der Waals surface area contributed by atoms with Gasteiger partial charge in [-0.2, -0.15) is 26.3 Å². The van der Waals surface area contributed by atoms with Crippen LogP contribution in [0, 0.1) is 5.92 Å². The first-order valence-electron chi connectivity index (χ1n) is 14.9. The largest absolute Gasteiger partial charge is 0.481 e. The van der Waals surface area contributed by atoms with Crippen LogP contribution in [0.4, 0.5) is 36.8 Å². The summed E-state index contributed by atoms with van der Waals surface area (Å²) in [6.07, 6.45) is -9.84. The molecule has 48 heavy (non-hydrogen) atoms. The van der Waals surface area contributed by atoms with E-state index in [9.17, 15) is 45.5 Å². The Morgan fingerprint density at radius 2 is 1.44 bits per heavy atom. The van der Waals surface area contributed by atoms with E-state index in [1.807, 2.05) is 0 Å². The minimum atomic E-state index is -5.11. The van der Waals surface area contributed by atoms with Crippen molar-refractivity contribution in [2.75, 3.05) is 44.7 Å². The van der Waals surface area contributed by atoms with E-state index in [1.165, 1.54) is 15.9 Å². The van der Waals surface area contributed by atoms with Gasteiger partial charge in [-0.15, -0.1) is 0 Å². The van der Waals surface area contributed by atoms with Crippen LogP contribution < -0.4 is 4.90 Å². The molecule has 2 aliphatic rings. The molecule has 2 aromatic rings. The smallest absolute Gasteiger partial charge is 0.416 e. The SMILES string of the molecule is CN(C(=O)N1CCN(C(=O)C2CCN(C(=O)CCC(=O)O)CC2)C[C@H]1Cc1ccc(Cl)c(Cl)c1)c1cc(C(F)(F)F)cc(C(F)(F)F)c1. The number of carboxylic acid groups (broad SMARTS) is 1. The number of rotatable bonds is 7. The topological polar surface area (TPSA) is 101 Å². The number of carbonyl (C=O) groups is 4. The van der Waals surface area contributed by atoms with Gasteiger partial charge in [-0.25, -0.2) is 4.79 Å². The average molecular weight is 726 g/mol. The van der Waals surface area contributed by atoms with E-state index in [2.05, 4.69) is 0 Å². The molecule has 0 saturated carbocycles. The number of urea groups is 1. The van der Waals surface area contributed by atoms with Crippen LogP contribution in [0.1, 0.15) is 42.4 Å². The number of piperazine rings is 1. The highest BCUT2D eigenvalue weighted by Gasteiger charge is 2.40. The Kier molecular flexibility index (Phi) is 11.4. The molecule has 262 valence electrons. The van der Waals surface area contributed by atoms with Crippen molar-refractivity contribution in [2.45, 2.75) is 50.5 Å². The summed E-state index contributed by atoms with van der Waals surface area (Å²) >= 11 is 12.2. The van der Waals surface area contributed by atoms with Gasteiger partial charge in [-0.1, -0.05) is 29.3 Å². The molecule has 4 rings (SSSR count). The third-order valence-corrected chi connectivity index (χ3v) is 9.23. The third-order valence-electron chi connectivity index (χ3n) is 8.49. The first-order chi connectivity index (χ1) is 22.3. The van der Waals surface area contributed by atoms with Gasteiger partial charge < -0.3 is 19.8 Å². The Bertz CT molecular complexity index is 1520. The fraction of sp³-hybridized carbons (Fsp3) is 0.484. The highest BCUT2D eigenvalue weighted by molar-refractivity contribution is 6.42. The predicted molar refractivity (Wildman–Crippen MR) is 164 cm³/mol. The Morgan fingerprint density at radius 1 is 0.833 bits per heavy atom. The second kappa shape index (κ2) is 14.8. The van der Waals surface area contributed by atoms with Crippen molar-refractivity contribution in [2.24, 2.45) is 5.92 Å². The number of anilines is 1. The summed E-state index contributed by atoms with van der Waals surface area (Å²) in [5, 5.41) is 9.33. The van der Waals surface area contributed by atoms with Crippen LogP contribution in [0.5, 0.6) is 0 Å². The molecule has 2 fully saturated rings. The van der Waals surface area contributed by atoms with Crippen molar-refractivity contribution in [1.82, 2.24) is 14.7 Å². The maximum atomic E-state index is 13.8. The molecule has 9 nitrogen and oxygen atoms in total. The number of likely N-dealkylation sites (tertiary alicyclic amines) is 1. The lowest BCUT2D eigenvalue weighted by Gasteiger charge is -2.44. The lowest BCUT2D eigenvalue weighted by Crippen LogP contribution is -2.60. The first-order valence-corrected chi connectivity index (χ1v) is 15.7. The van der Waals surface area contributed by atoms with E-state index in [0.717, 1.165) is 11.9 Å². The average Bonchev–Trinajstić information content (AvgIpc) is 3.03. The number of halogens is 8. The summed E-state index contributed by atoms with van der Waals surface area (Å²) in [6, 6.07) is 4.07. The Hall–Kier alpha value is -3.72. The van der Waals surface area contributed by atoms with Crippen molar-refractivity contribution in [1.29, 1.82) is 0 Å². The van der Waals surface area contributed by atoms with Crippen LogP contribution in [0.3, 0.4) is 0 Å². The quantitative estimate of drug-likeness (QED) is 0.331. The van der Waals surface area contributed by atoms with E-state index in [1.54, 1.807) is 17.0 Å². The van der Waals surface area contributed by atoms with Gasteiger partial charge >= 0.3 is 24.4 Å². The normalized spacial score (nSPS) is 17.8. The van der Waals surface area contributed by atoms with Crippen molar-refractivity contribution >= 4 is 52.7 Å². The zero-order valence-corrected chi connectivity index (χ0v) is 27.1. The first kappa shape index (κ1) is 37.1. The van der Waals surface area contributed by atoms with Gasteiger partial charge in [0.1, 0.15) is 0 Å². The van der Waals surface area contributed by atoms with Crippen LogP contribution in [0.25, 0.3) is 0 Å². The van der Waals surface area contributed by atoms with Gasteiger partial charge in [0.05, 0.1) is 33.6 Å². The van der Waals surface area contributed by atoms with E-state index < -0.39 is 53.1 Å². The molecule has 1 atom stereocenters. The fourth-order valence-corrected chi connectivity index (χ4v) is 6.18.